The molecule has 1 heterocycles. The summed E-state index contributed by atoms with van der Waals surface area (Å²) >= 11 is 0. The molecule has 0 radical (unpaired) electrons. The molecule has 0 unspecified atom stereocenters. The highest BCUT2D eigenvalue weighted by Gasteiger charge is 2.31. The molecule has 1 aliphatic rings. The Hall–Kier alpha value is -1.35. The highest BCUT2D eigenvalue weighted by molar-refractivity contribution is 5.79. The van der Waals surface area contributed by atoms with Gasteiger partial charge in [-0.3, -0.25) is 4.79 Å². The summed E-state index contributed by atoms with van der Waals surface area (Å²) < 4.78 is 5.04. The molecule has 1 aromatic rings. The maximum atomic E-state index is 12.2. The predicted molar refractivity (Wildman–Crippen MR) is 85.5 cm³/mol. The van der Waals surface area contributed by atoms with E-state index in [1.165, 1.54) is 25.5 Å². The molecule has 1 saturated heterocycles. The van der Waals surface area contributed by atoms with Gasteiger partial charge in [0.1, 0.15) is 0 Å². The molecule has 116 valence electrons. The van der Waals surface area contributed by atoms with Gasteiger partial charge in [0.15, 0.2) is 0 Å². The van der Waals surface area contributed by atoms with Crippen molar-refractivity contribution in [3.8, 4) is 0 Å². The Labute approximate surface area is 128 Å². The number of rotatable bonds is 3. The molecule has 3 heteroatoms. The molecule has 1 fully saturated rings. The standard InChI is InChI=1S/C18H27NO2/c1-18(2,3)14-10-8-13(9-11-14)16(17(20)21-4)15-7-5-6-12-19-15/h8-11,15-16,19H,5-7,12H2,1-4H3/t15-,16+/m1/s1. The van der Waals surface area contributed by atoms with E-state index >= 15 is 0 Å². The second kappa shape index (κ2) is 6.61. The number of piperidine rings is 1. The molecule has 0 aliphatic carbocycles. The van der Waals surface area contributed by atoms with E-state index in [1.807, 2.05) is 0 Å². The van der Waals surface area contributed by atoms with E-state index in [9.17, 15) is 4.79 Å². The zero-order valence-electron chi connectivity index (χ0n) is 13.6. The average Bonchev–Trinajstić information content (AvgIpc) is 2.48. The van der Waals surface area contributed by atoms with Crippen molar-refractivity contribution in [2.24, 2.45) is 0 Å². The van der Waals surface area contributed by atoms with Crippen LogP contribution in [0.15, 0.2) is 24.3 Å². The van der Waals surface area contributed by atoms with Gasteiger partial charge in [-0.2, -0.15) is 0 Å². The maximum absolute atomic E-state index is 12.2. The lowest BCUT2D eigenvalue weighted by molar-refractivity contribution is -0.143. The minimum absolute atomic E-state index is 0.127. The lowest BCUT2D eigenvalue weighted by Crippen LogP contribution is -2.42. The predicted octanol–water partition coefficient (Wildman–Crippen LogP) is 3.38. The van der Waals surface area contributed by atoms with Crippen LogP contribution in [0.1, 0.15) is 57.1 Å². The van der Waals surface area contributed by atoms with Crippen LogP contribution in [0, 0.1) is 0 Å². The van der Waals surface area contributed by atoms with E-state index in [1.54, 1.807) is 0 Å². The van der Waals surface area contributed by atoms with Gasteiger partial charge >= 0.3 is 5.97 Å². The molecule has 0 aromatic heterocycles. The molecule has 0 amide bonds. The normalized spacial score (nSPS) is 20.9. The van der Waals surface area contributed by atoms with Gasteiger partial charge < -0.3 is 10.1 Å². The van der Waals surface area contributed by atoms with E-state index in [4.69, 9.17) is 4.74 Å². The van der Waals surface area contributed by atoms with Crippen LogP contribution in [0.4, 0.5) is 0 Å². The Morgan fingerprint density at radius 2 is 1.90 bits per heavy atom. The Balaban J connectivity index is 2.26. The summed E-state index contributed by atoms with van der Waals surface area (Å²) in [4.78, 5) is 12.2. The second-order valence-electron chi connectivity index (χ2n) is 6.93. The van der Waals surface area contributed by atoms with Crippen LogP contribution >= 0.6 is 0 Å². The zero-order chi connectivity index (χ0) is 15.5. The number of esters is 1. The van der Waals surface area contributed by atoms with Crippen LogP contribution in [-0.2, 0) is 14.9 Å². The fraction of sp³-hybridized carbons (Fsp3) is 0.611. The van der Waals surface area contributed by atoms with Gasteiger partial charge in [0.25, 0.3) is 0 Å². The van der Waals surface area contributed by atoms with Crippen molar-refractivity contribution in [2.45, 2.75) is 57.4 Å². The van der Waals surface area contributed by atoms with Crippen molar-refractivity contribution in [3.05, 3.63) is 35.4 Å². The number of benzene rings is 1. The first-order valence-corrected chi connectivity index (χ1v) is 7.85. The highest BCUT2D eigenvalue weighted by atomic mass is 16.5. The van der Waals surface area contributed by atoms with Crippen LogP contribution in [0.5, 0.6) is 0 Å². The number of nitrogens with one attached hydrogen (secondary N) is 1. The first-order chi connectivity index (χ1) is 9.93. The summed E-state index contributed by atoms with van der Waals surface area (Å²) in [5.74, 6) is -0.345. The van der Waals surface area contributed by atoms with Gasteiger partial charge in [0.05, 0.1) is 13.0 Å². The number of hydrogen-bond acceptors (Lipinski definition) is 3. The fourth-order valence-corrected chi connectivity index (χ4v) is 3.01. The van der Waals surface area contributed by atoms with Gasteiger partial charge in [-0.05, 0) is 35.9 Å². The molecule has 3 nitrogen and oxygen atoms in total. The van der Waals surface area contributed by atoms with Gasteiger partial charge in [-0.1, -0.05) is 51.5 Å². The second-order valence-corrected chi connectivity index (χ2v) is 6.93. The van der Waals surface area contributed by atoms with E-state index in [0.29, 0.717) is 0 Å². The number of carbonyl (C=O) groups is 1. The molecule has 0 bridgehead atoms. The number of methoxy groups -OCH3 is 1. The summed E-state index contributed by atoms with van der Waals surface area (Å²) in [6, 6.07) is 8.62. The van der Waals surface area contributed by atoms with Crippen LogP contribution in [0.3, 0.4) is 0 Å². The van der Waals surface area contributed by atoms with E-state index in [0.717, 1.165) is 18.5 Å². The quantitative estimate of drug-likeness (QED) is 0.867. The molecule has 0 spiro atoms. The van der Waals surface area contributed by atoms with Crippen molar-refractivity contribution in [1.82, 2.24) is 5.32 Å². The van der Waals surface area contributed by atoms with Gasteiger partial charge in [-0.15, -0.1) is 0 Å². The van der Waals surface area contributed by atoms with Crippen LogP contribution in [0.2, 0.25) is 0 Å². The van der Waals surface area contributed by atoms with Crippen molar-refractivity contribution < 1.29 is 9.53 Å². The first-order valence-electron chi connectivity index (χ1n) is 7.85. The molecule has 0 saturated carbocycles. The largest absolute Gasteiger partial charge is 0.469 e. The Morgan fingerprint density at radius 3 is 2.38 bits per heavy atom. The molecule has 2 rings (SSSR count). The molecular formula is C18H27NO2. The van der Waals surface area contributed by atoms with Crippen molar-refractivity contribution in [1.29, 1.82) is 0 Å². The molecule has 1 aliphatic heterocycles. The van der Waals surface area contributed by atoms with Crippen molar-refractivity contribution in [3.63, 3.8) is 0 Å². The molecule has 1 N–H and O–H groups in total. The lowest BCUT2D eigenvalue weighted by atomic mass is 9.83. The van der Waals surface area contributed by atoms with E-state index in [-0.39, 0.29) is 23.3 Å². The zero-order valence-corrected chi connectivity index (χ0v) is 13.6. The minimum Gasteiger partial charge on any atom is -0.469 e. The van der Waals surface area contributed by atoms with Gasteiger partial charge in [0.2, 0.25) is 0 Å². The number of ether oxygens (including phenoxy) is 1. The molecule has 1 aromatic carbocycles. The Morgan fingerprint density at radius 1 is 1.24 bits per heavy atom. The Bertz CT molecular complexity index is 467. The number of carbonyl (C=O) groups excluding carboxylic acids is 1. The summed E-state index contributed by atoms with van der Waals surface area (Å²) in [5, 5.41) is 3.48. The van der Waals surface area contributed by atoms with Crippen LogP contribution in [-0.4, -0.2) is 25.7 Å². The maximum Gasteiger partial charge on any atom is 0.314 e. The summed E-state index contributed by atoms with van der Waals surface area (Å²) in [6.07, 6.45) is 3.39. The SMILES string of the molecule is COC(=O)[C@@H](c1ccc(C(C)(C)C)cc1)[C@H]1CCCCN1. The summed E-state index contributed by atoms with van der Waals surface area (Å²) in [7, 11) is 1.47. The summed E-state index contributed by atoms with van der Waals surface area (Å²) in [6.45, 7) is 7.58. The van der Waals surface area contributed by atoms with Crippen molar-refractivity contribution >= 4 is 5.97 Å². The van der Waals surface area contributed by atoms with E-state index in [2.05, 4.69) is 50.4 Å². The minimum atomic E-state index is -0.204. The lowest BCUT2D eigenvalue weighted by Gasteiger charge is -2.30. The van der Waals surface area contributed by atoms with Crippen LogP contribution in [0.25, 0.3) is 0 Å². The molecule has 21 heavy (non-hydrogen) atoms. The first kappa shape index (κ1) is 16.0. The van der Waals surface area contributed by atoms with Gasteiger partial charge in [0, 0.05) is 6.04 Å². The Kier molecular flexibility index (Phi) is 5.04. The fourth-order valence-electron chi connectivity index (χ4n) is 3.01. The molecule has 2 atom stereocenters. The monoisotopic (exact) mass is 289 g/mol. The third kappa shape index (κ3) is 3.85. The molecular weight excluding hydrogens is 262 g/mol. The third-order valence-electron chi connectivity index (χ3n) is 4.34. The topological polar surface area (TPSA) is 38.3 Å². The number of hydrogen-bond donors (Lipinski definition) is 1. The smallest absolute Gasteiger partial charge is 0.314 e. The van der Waals surface area contributed by atoms with Crippen LogP contribution < -0.4 is 5.32 Å². The third-order valence-corrected chi connectivity index (χ3v) is 4.34. The van der Waals surface area contributed by atoms with Crippen molar-refractivity contribution in [2.75, 3.05) is 13.7 Å². The average molecular weight is 289 g/mol. The highest BCUT2D eigenvalue weighted by Crippen LogP contribution is 2.29. The van der Waals surface area contributed by atoms with Gasteiger partial charge in [-0.25, -0.2) is 0 Å². The summed E-state index contributed by atoms with van der Waals surface area (Å²) in [5.41, 5.74) is 2.46. The van der Waals surface area contributed by atoms with E-state index < -0.39 is 0 Å².